The molecule has 0 aliphatic heterocycles. The number of aromatic amines is 1. The van der Waals surface area contributed by atoms with Crippen LogP contribution in [0.15, 0.2) is 30.5 Å². The van der Waals surface area contributed by atoms with Crippen LogP contribution in [0.3, 0.4) is 0 Å². The SMILES string of the molecule is O=C(S)c1c[nH]c2ccccc12. The molecule has 0 aliphatic carbocycles. The fraction of sp³-hybridized carbons (Fsp3) is 0. The molecule has 0 atom stereocenters. The second-order valence-corrected chi connectivity index (χ2v) is 2.96. The maximum atomic E-state index is 11.0. The van der Waals surface area contributed by atoms with E-state index >= 15 is 0 Å². The normalized spacial score (nSPS) is 10.4. The Kier molecular flexibility index (Phi) is 1.66. The maximum Gasteiger partial charge on any atom is 0.218 e. The van der Waals surface area contributed by atoms with Crippen molar-refractivity contribution in [3.8, 4) is 0 Å². The average molecular weight is 177 g/mol. The Bertz CT molecular complexity index is 433. The standard InChI is InChI=1S/C9H7NOS/c11-9(12)7-5-10-8-4-2-1-3-6(7)8/h1-5,10H,(H,11,12). The van der Waals surface area contributed by atoms with E-state index in [0.717, 1.165) is 10.9 Å². The largest absolute Gasteiger partial charge is 0.360 e. The van der Waals surface area contributed by atoms with E-state index in [0.29, 0.717) is 5.56 Å². The number of carbonyl (C=O) groups is 1. The molecule has 1 N–H and O–H groups in total. The summed E-state index contributed by atoms with van der Waals surface area (Å²) in [5.74, 6) is 0. The van der Waals surface area contributed by atoms with Crippen LogP contribution < -0.4 is 0 Å². The Morgan fingerprint density at radius 1 is 1.33 bits per heavy atom. The zero-order valence-corrected chi connectivity index (χ0v) is 7.14. The van der Waals surface area contributed by atoms with Crippen molar-refractivity contribution >= 4 is 28.6 Å². The number of rotatable bonds is 1. The molecule has 60 valence electrons. The molecule has 1 heterocycles. The minimum atomic E-state index is -0.201. The molecule has 0 fully saturated rings. The topological polar surface area (TPSA) is 32.9 Å². The highest BCUT2D eigenvalue weighted by Crippen LogP contribution is 2.18. The molecule has 0 aliphatic rings. The van der Waals surface area contributed by atoms with Crippen LogP contribution in [0.4, 0.5) is 0 Å². The molecule has 1 aromatic heterocycles. The van der Waals surface area contributed by atoms with E-state index in [-0.39, 0.29) is 5.12 Å². The number of carbonyl (C=O) groups excluding carboxylic acids is 1. The Labute approximate surface area is 75.0 Å². The number of aromatic nitrogens is 1. The molecule has 0 unspecified atom stereocenters. The molecule has 3 heteroatoms. The third-order valence-electron chi connectivity index (χ3n) is 1.82. The van der Waals surface area contributed by atoms with Gasteiger partial charge in [0.15, 0.2) is 0 Å². The molecule has 0 amide bonds. The van der Waals surface area contributed by atoms with Crippen LogP contribution in [0, 0.1) is 0 Å². The first-order valence-electron chi connectivity index (χ1n) is 3.58. The third kappa shape index (κ3) is 1.02. The number of hydrogen-bond donors (Lipinski definition) is 2. The number of fused-ring (bicyclic) bond motifs is 1. The van der Waals surface area contributed by atoms with Gasteiger partial charge in [-0.3, -0.25) is 4.79 Å². The van der Waals surface area contributed by atoms with E-state index < -0.39 is 0 Å². The van der Waals surface area contributed by atoms with Crippen LogP contribution in [0.1, 0.15) is 10.4 Å². The number of H-pyrrole nitrogens is 1. The summed E-state index contributed by atoms with van der Waals surface area (Å²) in [4.78, 5) is 14.0. The van der Waals surface area contributed by atoms with E-state index in [1.807, 2.05) is 24.3 Å². The smallest absolute Gasteiger partial charge is 0.218 e. The van der Waals surface area contributed by atoms with Gasteiger partial charge in [0.2, 0.25) is 5.12 Å². The summed E-state index contributed by atoms with van der Waals surface area (Å²) in [6, 6.07) is 7.65. The second kappa shape index (κ2) is 2.68. The molecule has 0 bridgehead atoms. The minimum absolute atomic E-state index is 0.201. The number of hydrogen-bond acceptors (Lipinski definition) is 1. The van der Waals surface area contributed by atoms with Crippen molar-refractivity contribution in [3.63, 3.8) is 0 Å². The van der Waals surface area contributed by atoms with Gasteiger partial charge in [0.1, 0.15) is 0 Å². The van der Waals surface area contributed by atoms with Gasteiger partial charge in [-0.05, 0) is 6.07 Å². The van der Waals surface area contributed by atoms with Crippen molar-refractivity contribution < 1.29 is 4.79 Å². The van der Waals surface area contributed by atoms with Crippen molar-refractivity contribution in [2.45, 2.75) is 0 Å². The molecule has 2 rings (SSSR count). The Balaban J connectivity index is 2.79. The summed E-state index contributed by atoms with van der Waals surface area (Å²) in [5.41, 5.74) is 1.60. The highest BCUT2D eigenvalue weighted by atomic mass is 32.1. The van der Waals surface area contributed by atoms with Crippen LogP contribution in [-0.4, -0.2) is 10.1 Å². The summed E-state index contributed by atoms with van der Waals surface area (Å²) in [7, 11) is 0. The minimum Gasteiger partial charge on any atom is -0.360 e. The van der Waals surface area contributed by atoms with Gasteiger partial charge >= 0.3 is 0 Å². The second-order valence-electron chi connectivity index (χ2n) is 2.55. The summed E-state index contributed by atoms with van der Waals surface area (Å²) >= 11 is 3.77. The molecule has 0 saturated heterocycles. The summed E-state index contributed by atoms with van der Waals surface area (Å²) < 4.78 is 0. The molecule has 2 aromatic rings. The van der Waals surface area contributed by atoms with Gasteiger partial charge in [0.25, 0.3) is 0 Å². The Morgan fingerprint density at radius 3 is 2.83 bits per heavy atom. The van der Waals surface area contributed by atoms with Crippen molar-refractivity contribution in [2.24, 2.45) is 0 Å². The first-order chi connectivity index (χ1) is 5.79. The number of para-hydroxylation sites is 1. The predicted octanol–water partition coefficient (Wildman–Crippen LogP) is 2.24. The van der Waals surface area contributed by atoms with E-state index in [9.17, 15) is 4.79 Å². The van der Waals surface area contributed by atoms with Crippen molar-refractivity contribution in [1.82, 2.24) is 4.98 Å². The van der Waals surface area contributed by atoms with Gasteiger partial charge < -0.3 is 4.98 Å². The number of nitrogens with one attached hydrogen (secondary N) is 1. The quantitative estimate of drug-likeness (QED) is 0.643. The van der Waals surface area contributed by atoms with Gasteiger partial charge in [-0.2, -0.15) is 0 Å². The first-order valence-corrected chi connectivity index (χ1v) is 4.03. The lowest BCUT2D eigenvalue weighted by molar-refractivity contribution is 0.109. The van der Waals surface area contributed by atoms with Gasteiger partial charge in [0.05, 0.1) is 5.56 Å². The third-order valence-corrected chi connectivity index (χ3v) is 2.06. The van der Waals surface area contributed by atoms with Gasteiger partial charge in [-0.1, -0.05) is 18.2 Å². The molecular formula is C9H7NOS. The monoisotopic (exact) mass is 177 g/mol. The van der Waals surface area contributed by atoms with Gasteiger partial charge in [0, 0.05) is 17.1 Å². The Morgan fingerprint density at radius 2 is 2.08 bits per heavy atom. The van der Waals surface area contributed by atoms with Crippen LogP contribution >= 0.6 is 12.6 Å². The van der Waals surface area contributed by atoms with E-state index in [4.69, 9.17) is 0 Å². The zero-order chi connectivity index (χ0) is 8.55. The van der Waals surface area contributed by atoms with Crippen molar-refractivity contribution in [2.75, 3.05) is 0 Å². The van der Waals surface area contributed by atoms with Crippen LogP contribution in [0.5, 0.6) is 0 Å². The maximum absolute atomic E-state index is 11.0. The fourth-order valence-corrected chi connectivity index (χ4v) is 1.43. The van der Waals surface area contributed by atoms with Crippen molar-refractivity contribution in [1.29, 1.82) is 0 Å². The lowest BCUT2D eigenvalue weighted by atomic mass is 10.2. The average Bonchev–Trinajstić information content (AvgIpc) is 2.47. The fourth-order valence-electron chi connectivity index (χ4n) is 1.25. The lowest BCUT2D eigenvalue weighted by Crippen LogP contribution is -1.84. The molecule has 0 saturated carbocycles. The number of thiol groups is 1. The van der Waals surface area contributed by atoms with Crippen LogP contribution in [-0.2, 0) is 0 Å². The highest BCUT2D eigenvalue weighted by Gasteiger charge is 2.06. The molecule has 12 heavy (non-hydrogen) atoms. The van der Waals surface area contributed by atoms with Crippen LogP contribution in [0.2, 0.25) is 0 Å². The summed E-state index contributed by atoms with van der Waals surface area (Å²) in [6.07, 6.45) is 1.68. The lowest BCUT2D eigenvalue weighted by Gasteiger charge is -1.89. The zero-order valence-electron chi connectivity index (χ0n) is 6.24. The molecule has 1 aromatic carbocycles. The summed E-state index contributed by atoms with van der Waals surface area (Å²) in [6.45, 7) is 0. The van der Waals surface area contributed by atoms with Gasteiger partial charge in [-0.25, -0.2) is 0 Å². The van der Waals surface area contributed by atoms with E-state index in [1.165, 1.54) is 0 Å². The van der Waals surface area contributed by atoms with Gasteiger partial charge in [-0.15, -0.1) is 12.6 Å². The molecule has 2 nitrogen and oxygen atoms in total. The molecule has 0 spiro atoms. The van der Waals surface area contributed by atoms with E-state index in [2.05, 4.69) is 17.6 Å². The Hall–Kier alpha value is -1.22. The van der Waals surface area contributed by atoms with Crippen LogP contribution in [0.25, 0.3) is 10.9 Å². The summed E-state index contributed by atoms with van der Waals surface area (Å²) in [5, 5.41) is 0.727. The molecule has 0 radical (unpaired) electrons. The molecular weight excluding hydrogens is 170 g/mol. The van der Waals surface area contributed by atoms with E-state index in [1.54, 1.807) is 6.20 Å². The van der Waals surface area contributed by atoms with Crippen molar-refractivity contribution in [3.05, 3.63) is 36.0 Å². The predicted molar refractivity (Wildman–Crippen MR) is 51.6 cm³/mol. The first kappa shape index (κ1) is 7.43. The highest BCUT2D eigenvalue weighted by molar-refractivity contribution is 7.97. The number of benzene rings is 1.